The lowest BCUT2D eigenvalue weighted by molar-refractivity contribution is 0.250. The molecule has 1 aromatic carbocycles. The largest absolute Gasteiger partial charge is 0.484 e. The molecule has 17 heavy (non-hydrogen) atoms. The van der Waals surface area contributed by atoms with Gasteiger partial charge in [-0.25, -0.2) is 0 Å². The van der Waals surface area contributed by atoms with Gasteiger partial charge in [0.25, 0.3) is 5.89 Å². The Morgan fingerprint density at radius 3 is 2.59 bits per heavy atom. The standard InChI is InChI=1S/C11H11BrN2O3/c12-8-1-3-9(4-2-8)16-7-11-14-13-10(17-11)5-6-15/h1-4,15H,5-7H2. The third kappa shape index (κ3) is 3.54. The van der Waals surface area contributed by atoms with Crippen LogP contribution in [0.25, 0.3) is 0 Å². The van der Waals surface area contributed by atoms with Crippen LogP contribution in [-0.4, -0.2) is 21.9 Å². The quantitative estimate of drug-likeness (QED) is 0.914. The molecule has 0 radical (unpaired) electrons. The molecule has 5 nitrogen and oxygen atoms in total. The highest BCUT2D eigenvalue weighted by Gasteiger charge is 2.05. The van der Waals surface area contributed by atoms with E-state index in [1.54, 1.807) is 0 Å². The van der Waals surface area contributed by atoms with E-state index >= 15 is 0 Å². The van der Waals surface area contributed by atoms with Crippen LogP contribution in [-0.2, 0) is 13.0 Å². The number of rotatable bonds is 5. The van der Waals surface area contributed by atoms with Crippen molar-refractivity contribution in [2.45, 2.75) is 13.0 Å². The van der Waals surface area contributed by atoms with Gasteiger partial charge in [-0.05, 0) is 24.3 Å². The van der Waals surface area contributed by atoms with Gasteiger partial charge in [-0.15, -0.1) is 10.2 Å². The fourth-order valence-electron chi connectivity index (χ4n) is 1.22. The van der Waals surface area contributed by atoms with Crippen LogP contribution in [0.1, 0.15) is 11.8 Å². The zero-order valence-electron chi connectivity index (χ0n) is 8.97. The van der Waals surface area contributed by atoms with E-state index in [9.17, 15) is 0 Å². The Balaban J connectivity index is 1.90. The maximum Gasteiger partial charge on any atom is 0.253 e. The van der Waals surface area contributed by atoms with Gasteiger partial charge in [0.1, 0.15) is 5.75 Å². The Morgan fingerprint density at radius 1 is 1.18 bits per heavy atom. The molecule has 2 rings (SSSR count). The van der Waals surface area contributed by atoms with Crippen molar-refractivity contribution in [1.82, 2.24) is 10.2 Å². The van der Waals surface area contributed by atoms with Crippen LogP contribution in [0, 0.1) is 0 Å². The summed E-state index contributed by atoms with van der Waals surface area (Å²) in [6, 6.07) is 7.46. The van der Waals surface area contributed by atoms with Crippen molar-refractivity contribution in [3.8, 4) is 5.75 Å². The van der Waals surface area contributed by atoms with Crippen LogP contribution in [0.4, 0.5) is 0 Å². The van der Waals surface area contributed by atoms with E-state index in [1.807, 2.05) is 24.3 Å². The second-order valence-corrected chi connectivity index (χ2v) is 4.22. The number of hydrogen-bond acceptors (Lipinski definition) is 5. The molecule has 0 aliphatic carbocycles. The van der Waals surface area contributed by atoms with Crippen molar-refractivity contribution in [2.75, 3.05) is 6.61 Å². The summed E-state index contributed by atoms with van der Waals surface area (Å²) in [5, 5.41) is 16.3. The van der Waals surface area contributed by atoms with E-state index in [4.69, 9.17) is 14.3 Å². The number of aliphatic hydroxyl groups is 1. The first kappa shape index (κ1) is 12.1. The van der Waals surface area contributed by atoms with Crippen molar-refractivity contribution < 1.29 is 14.3 Å². The molecule has 0 fully saturated rings. The fourth-order valence-corrected chi connectivity index (χ4v) is 1.48. The van der Waals surface area contributed by atoms with Crippen molar-refractivity contribution in [3.63, 3.8) is 0 Å². The molecule has 0 aliphatic rings. The van der Waals surface area contributed by atoms with Crippen molar-refractivity contribution in [2.24, 2.45) is 0 Å². The van der Waals surface area contributed by atoms with E-state index in [1.165, 1.54) is 0 Å². The molecule has 0 aliphatic heterocycles. The number of aromatic nitrogens is 2. The molecular weight excluding hydrogens is 288 g/mol. The lowest BCUT2D eigenvalue weighted by Crippen LogP contribution is -1.95. The summed E-state index contributed by atoms with van der Waals surface area (Å²) >= 11 is 3.34. The van der Waals surface area contributed by atoms with Crippen LogP contribution < -0.4 is 4.74 Å². The highest BCUT2D eigenvalue weighted by atomic mass is 79.9. The van der Waals surface area contributed by atoms with Crippen molar-refractivity contribution in [3.05, 3.63) is 40.5 Å². The van der Waals surface area contributed by atoms with Gasteiger partial charge in [0.05, 0.1) is 6.61 Å². The summed E-state index contributed by atoms with van der Waals surface area (Å²) in [5.74, 6) is 1.55. The number of halogens is 1. The summed E-state index contributed by atoms with van der Waals surface area (Å²) in [6.07, 6.45) is 0.366. The maximum atomic E-state index is 8.70. The van der Waals surface area contributed by atoms with E-state index in [0.717, 1.165) is 10.2 Å². The highest BCUT2D eigenvalue weighted by molar-refractivity contribution is 9.10. The molecule has 0 unspecified atom stereocenters. The fraction of sp³-hybridized carbons (Fsp3) is 0.273. The third-order valence-electron chi connectivity index (χ3n) is 2.01. The van der Waals surface area contributed by atoms with Gasteiger partial charge < -0.3 is 14.3 Å². The average molecular weight is 299 g/mol. The number of hydrogen-bond donors (Lipinski definition) is 1. The summed E-state index contributed by atoms with van der Waals surface area (Å²) in [4.78, 5) is 0. The Hall–Kier alpha value is -1.40. The Bertz CT molecular complexity index is 470. The Morgan fingerprint density at radius 2 is 1.88 bits per heavy atom. The lowest BCUT2D eigenvalue weighted by atomic mass is 10.3. The van der Waals surface area contributed by atoms with Gasteiger partial charge in [-0.3, -0.25) is 0 Å². The zero-order valence-corrected chi connectivity index (χ0v) is 10.6. The van der Waals surface area contributed by atoms with Gasteiger partial charge in [-0.1, -0.05) is 15.9 Å². The van der Waals surface area contributed by atoms with Crippen LogP contribution >= 0.6 is 15.9 Å². The minimum absolute atomic E-state index is 0.00476. The van der Waals surface area contributed by atoms with Gasteiger partial charge in [-0.2, -0.15) is 0 Å². The number of benzene rings is 1. The van der Waals surface area contributed by atoms with Crippen LogP contribution in [0.2, 0.25) is 0 Å². The zero-order chi connectivity index (χ0) is 12.1. The van der Waals surface area contributed by atoms with E-state index in [-0.39, 0.29) is 13.2 Å². The monoisotopic (exact) mass is 298 g/mol. The second-order valence-electron chi connectivity index (χ2n) is 3.31. The topological polar surface area (TPSA) is 68.4 Å². The molecule has 1 heterocycles. The maximum absolute atomic E-state index is 8.70. The van der Waals surface area contributed by atoms with E-state index < -0.39 is 0 Å². The Kier molecular flexibility index (Phi) is 4.11. The molecular formula is C11H11BrN2O3. The smallest absolute Gasteiger partial charge is 0.253 e. The first-order chi connectivity index (χ1) is 8.28. The minimum atomic E-state index is -0.00476. The number of aliphatic hydroxyl groups excluding tert-OH is 1. The van der Waals surface area contributed by atoms with Crippen LogP contribution in [0.15, 0.2) is 33.2 Å². The van der Waals surface area contributed by atoms with Gasteiger partial charge >= 0.3 is 0 Å². The van der Waals surface area contributed by atoms with E-state index in [2.05, 4.69) is 26.1 Å². The van der Waals surface area contributed by atoms with Gasteiger partial charge in [0.2, 0.25) is 5.89 Å². The molecule has 0 spiro atoms. The number of ether oxygens (including phenoxy) is 1. The van der Waals surface area contributed by atoms with Crippen molar-refractivity contribution >= 4 is 15.9 Å². The molecule has 6 heteroatoms. The second kappa shape index (κ2) is 5.79. The molecule has 2 aromatic rings. The molecule has 0 atom stereocenters. The van der Waals surface area contributed by atoms with Crippen molar-refractivity contribution in [1.29, 1.82) is 0 Å². The number of nitrogens with zero attached hydrogens (tertiary/aromatic N) is 2. The first-order valence-electron chi connectivity index (χ1n) is 5.08. The van der Waals surface area contributed by atoms with Crippen LogP contribution in [0.3, 0.4) is 0 Å². The van der Waals surface area contributed by atoms with E-state index in [0.29, 0.717) is 18.2 Å². The summed E-state index contributed by atoms with van der Waals surface area (Å²) in [6.45, 7) is 0.218. The predicted octanol–water partition coefficient (Wildman–Crippen LogP) is 1.95. The molecule has 90 valence electrons. The third-order valence-corrected chi connectivity index (χ3v) is 2.54. The lowest BCUT2D eigenvalue weighted by Gasteiger charge is -2.02. The first-order valence-corrected chi connectivity index (χ1v) is 5.87. The SMILES string of the molecule is OCCc1nnc(COc2ccc(Br)cc2)o1. The van der Waals surface area contributed by atoms with Gasteiger partial charge in [0.15, 0.2) is 6.61 Å². The Labute approximate surface area is 107 Å². The molecule has 1 aromatic heterocycles. The molecule has 0 amide bonds. The normalized spacial score (nSPS) is 10.5. The highest BCUT2D eigenvalue weighted by Crippen LogP contribution is 2.17. The summed E-state index contributed by atoms with van der Waals surface area (Å²) in [7, 11) is 0. The molecule has 0 bridgehead atoms. The van der Waals surface area contributed by atoms with Gasteiger partial charge in [0, 0.05) is 10.9 Å². The minimum Gasteiger partial charge on any atom is -0.484 e. The molecule has 0 saturated carbocycles. The summed E-state index contributed by atoms with van der Waals surface area (Å²) in [5.41, 5.74) is 0. The summed E-state index contributed by atoms with van der Waals surface area (Å²) < 4.78 is 11.7. The molecule has 1 N–H and O–H groups in total. The molecule has 0 saturated heterocycles. The van der Waals surface area contributed by atoms with Crippen LogP contribution in [0.5, 0.6) is 5.75 Å². The average Bonchev–Trinajstić information content (AvgIpc) is 2.77. The predicted molar refractivity (Wildman–Crippen MR) is 63.6 cm³/mol.